The van der Waals surface area contributed by atoms with E-state index < -0.39 is 0 Å². The molecule has 0 aliphatic rings. The molecule has 0 fully saturated rings. The van der Waals surface area contributed by atoms with Crippen LogP contribution in [0.15, 0.2) is 36.4 Å². The highest BCUT2D eigenvalue weighted by molar-refractivity contribution is 5.97. The Morgan fingerprint density at radius 1 is 1.00 bits per heavy atom. The second-order valence-electron chi connectivity index (χ2n) is 5.43. The predicted molar refractivity (Wildman–Crippen MR) is 84.2 cm³/mol. The molecule has 2 aromatic rings. The molecule has 0 aromatic heterocycles. The van der Waals surface area contributed by atoms with Gasteiger partial charge < -0.3 is 10.4 Å². The van der Waals surface area contributed by atoms with E-state index in [9.17, 15) is 4.79 Å². The van der Waals surface area contributed by atoms with Crippen molar-refractivity contribution in [1.82, 2.24) is 5.32 Å². The van der Waals surface area contributed by atoms with Crippen molar-refractivity contribution in [2.24, 2.45) is 0 Å². The van der Waals surface area contributed by atoms with Crippen LogP contribution in [0.3, 0.4) is 0 Å². The van der Waals surface area contributed by atoms with E-state index in [2.05, 4.69) is 5.32 Å². The van der Waals surface area contributed by atoms with Crippen LogP contribution in [0, 0.1) is 20.8 Å². The Morgan fingerprint density at radius 2 is 1.52 bits per heavy atom. The van der Waals surface area contributed by atoms with Crippen LogP contribution in [0.5, 0.6) is 0 Å². The zero-order valence-electron chi connectivity index (χ0n) is 12.7. The number of aryl methyl sites for hydroxylation is 3. The van der Waals surface area contributed by atoms with Gasteiger partial charge in [0.2, 0.25) is 0 Å². The molecule has 2 aromatic carbocycles. The SMILES string of the molecule is Cc1cc(C)c(C(=O)NCc2ccc(CO)cc2)c(C)c1. The van der Waals surface area contributed by atoms with E-state index in [-0.39, 0.29) is 12.5 Å². The molecule has 21 heavy (non-hydrogen) atoms. The molecule has 0 bridgehead atoms. The number of aliphatic hydroxyl groups excluding tert-OH is 1. The monoisotopic (exact) mass is 283 g/mol. The van der Waals surface area contributed by atoms with Gasteiger partial charge in [-0.1, -0.05) is 42.0 Å². The maximum Gasteiger partial charge on any atom is 0.252 e. The van der Waals surface area contributed by atoms with Gasteiger partial charge in [-0.2, -0.15) is 0 Å². The van der Waals surface area contributed by atoms with Gasteiger partial charge in [0.05, 0.1) is 6.61 Å². The minimum Gasteiger partial charge on any atom is -0.392 e. The van der Waals surface area contributed by atoms with Gasteiger partial charge in [-0.05, 0) is 43.0 Å². The van der Waals surface area contributed by atoms with Gasteiger partial charge in [0.1, 0.15) is 0 Å². The first-order valence-corrected chi connectivity index (χ1v) is 7.06. The fourth-order valence-electron chi connectivity index (χ4n) is 2.57. The number of amides is 1. The molecule has 1 amide bonds. The third-order valence-corrected chi connectivity index (χ3v) is 3.56. The third-order valence-electron chi connectivity index (χ3n) is 3.56. The number of hydrogen-bond donors (Lipinski definition) is 2. The first-order valence-electron chi connectivity index (χ1n) is 7.06. The average molecular weight is 283 g/mol. The highest BCUT2D eigenvalue weighted by Gasteiger charge is 2.12. The first-order chi connectivity index (χ1) is 10.0. The Bertz CT molecular complexity index is 622. The summed E-state index contributed by atoms with van der Waals surface area (Å²) < 4.78 is 0. The maximum atomic E-state index is 12.3. The molecule has 0 heterocycles. The summed E-state index contributed by atoms with van der Waals surface area (Å²) in [6.07, 6.45) is 0. The molecule has 0 radical (unpaired) electrons. The number of nitrogens with one attached hydrogen (secondary N) is 1. The molecule has 0 unspecified atom stereocenters. The standard InChI is InChI=1S/C18H21NO2/c1-12-8-13(2)17(14(3)9-12)18(21)19-10-15-4-6-16(11-20)7-5-15/h4-9,20H,10-11H2,1-3H3,(H,19,21). The lowest BCUT2D eigenvalue weighted by atomic mass is 9.99. The summed E-state index contributed by atoms with van der Waals surface area (Å²) in [7, 11) is 0. The van der Waals surface area contributed by atoms with Crippen molar-refractivity contribution in [3.63, 3.8) is 0 Å². The molecule has 0 aliphatic carbocycles. The fourth-order valence-corrected chi connectivity index (χ4v) is 2.57. The summed E-state index contributed by atoms with van der Waals surface area (Å²) >= 11 is 0. The van der Waals surface area contributed by atoms with Crippen LogP contribution < -0.4 is 5.32 Å². The van der Waals surface area contributed by atoms with Crippen LogP contribution in [-0.2, 0) is 13.2 Å². The van der Waals surface area contributed by atoms with E-state index in [4.69, 9.17) is 5.11 Å². The van der Waals surface area contributed by atoms with Crippen LogP contribution in [0.1, 0.15) is 38.2 Å². The normalized spacial score (nSPS) is 10.5. The topological polar surface area (TPSA) is 49.3 Å². The lowest BCUT2D eigenvalue weighted by molar-refractivity contribution is 0.0949. The van der Waals surface area contributed by atoms with Gasteiger partial charge in [-0.3, -0.25) is 4.79 Å². The number of aliphatic hydroxyl groups is 1. The van der Waals surface area contributed by atoms with Crippen molar-refractivity contribution >= 4 is 5.91 Å². The molecular weight excluding hydrogens is 262 g/mol. The predicted octanol–water partition coefficient (Wildman–Crippen LogP) is 3.03. The van der Waals surface area contributed by atoms with Gasteiger partial charge in [0, 0.05) is 12.1 Å². The average Bonchev–Trinajstić information content (AvgIpc) is 2.44. The van der Waals surface area contributed by atoms with Crippen LogP contribution in [-0.4, -0.2) is 11.0 Å². The zero-order chi connectivity index (χ0) is 15.4. The highest BCUT2D eigenvalue weighted by atomic mass is 16.3. The van der Waals surface area contributed by atoms with Crippen molar-refractivity contribution in [3.8, 4) is 0 Å². The minimum atomic E-state index is -0.0452. The van der Waals surface area contributed by atoms with Crippen molar-refractivity contribution in [3.05, 3.63) is 69.8 Å². The van der Waals surface area contributed by atoms with Gasteiger partial charge >= 0.3 is 0 Å². The molecule has 0 saturated carbocycles. The smallest absolute Gasteiger partial charge is 0.252 e. The van der Waals surface area contributed by atoms with E-state index in [0.717, 1.165) is 27.8 Å². The fraction of sp³-hybridized carbons (Fsp3) is 0.278. The number of carbonyl (C=O) groups is 1. The largest absolute Gasteiger partial charge is 0.392 e. The second kappa shape index (κ2) is 6.55. The number of rotatable bonds is 4. The van der Waals surface area contributed by atoms with Crippen molar-refractivity contribution < 1.29 is 9.90 Å². The Hall–Kier alpha value is -2.13. The van der Waals surface area contributed by atoms with Crippen LogP contribution >= 0.6 is 0 Å². The Kier molecular flexibility index (Phi) is 4.76. The summed E-state index contributed by atoms with van der Waals surface area (Å²) in [4.78, 5) is 12.3. The van der Waals surface area contributed by atoms with Crippen LogP contribution in [0.4, 0.5) is 0 Å². The van der Waals surface area contributed by atoms with Gasteiger partial charge in [-0.15, -0.1) is 0 Å². The summed E-state index contributed by atoms with van der Waals surface area (Å²) in [5.41, 5.74) is 5.81. The highest BCUT2D eigenvalue weighted by Crippen LogP contribution is 2.16. The molecule has 3 nitrogen and oxygen atoms in total. The van der Waals surface area contributed by atoms with Gasteiger partial charge in [0.15, 0.2) is 0 Å². The lowest BCUT2D eigenvalue weighted by Gasteiger charge is -2.12. The van der Waals surface area contributed by atoms with Gasteiger partial charge in [0.25, 0.3) is 5.91 Å². The molecule has 0 atom stereocenters. The molecule has 110 valence electrons. The molecule has 0 spiro atoms. The molecule has 2 N–H and O–H groups in total. The molecule has 0 saturated heterocycles. The minimum absolute atomic E-state index is 0.0361. The number of benzene rings is 2. The van der Waals surface area contributed by atoms with E-state index in [1.165, 1.54) is 5.56 Å². The summed E-state index contributed by atoms with van der Waals surface area (Å²) in [5, 5.41) is 12.0. The Balaban J connectivity index is 2.08. The maximum absolute atomic E-state index is 12.3. The lowest BCUT2D eigenvalue weighted by Crippen LogP contribution is -2.24. The van der Waals surface area contributed by atoms with Crippen molar-refractivity contribution in [1.29, 1.82) is 0 Å². The van der Waals surface area contributed by atoms with Crippen LogP contribution in [0.25, 0.3) is 0 Å². The Labute approximate surface area is 125 Å². The number of carbonyl (C=O) groups excluding carboxylic acids is 1. The summed E-state index contributed by atoms with van der Waals surface area (Å²) in [5.74, 6) is -0.0452. The van der Waals surface area contributed by atoms with Crippen LogP contribution in [0.2, 0.25) is 0 Å². The van der Waals surface area contributed by atoms with E-state index in [1.807, 2.05) is 57.2 Å². The van der Waals surface area contributed by atoms with Crippen molar-refractivity contribution in [2.75, 3.05) is 0 Å². The molecule has 3 heteroatoms. The second-order valence-corrected chi connectivity index (χ2v) is 5.43. The Morgan fingerprint density at radius 3 is 2.05 bits per heavy atom. The molecule has 0 aliphatic heterocycles. The first kappa shape index (κ1) is 15.3. The third kappa shape index (κ3) is 3.70. The summed E-state index contributed by atoms with van der Waals surface area (Å²) in [6, 6.07) is 11.6. The quantitative estimate of drug-likeness (QED) is 0.906. The van der Waals surface area contributed by atoms with Gasteiger partial charge in [-0.25, -0.2) is 0 Å². The zero-order valence-corrected chi connectivity index (χ0v) is 12.7. The molecular formula is C18H21NO2. The van der Waals surface area contributed by atoms with E-state index in [1.54, 1.807) is 0 Å². The van der Waals surface area contributed by atoms with Crippen molar-refractivity contribution in [2.45, 2.75) is 33.9 Å². The van der Waals surface area contributed by atoms with E-state index >= 15 is 0 Å². The van der Waals surface area contributed by atoms with E-state index in [0.29, 0.717) is 6.54 Å². The summed E-state index contributed by atoms with van der Waals surface area (Å²) in [6.45, 7) is 6.48. The number of hydrogen-bond acceptors (Lipinski definition) is 2. The molecule has 2 rings (SSSR count).